The number of rotatable bonds is 4. The summed E-state index contributed by atoms with van der Waals surface area (Å²) in [6, 6.07) is 7.05. The molecular formula is C20H29ClN2O3. The molecule has 1 aliphatic heterocycles. The average molecular weight is 381 g/mol. The van der Waals surface area contributed by atoms with Crippen molar-refractivity contribution >= 4 is 23.6 Å². The monoisotopic (exact) mass is 380 g/mol. The first-order chi connectivity index (χ1) is 12.2. The van der Waals surface area contributed by atoms with Crippen LogP contribution in [0.25, 0.3) is 0 Å². The Hall–Kier alpha value is -1.75. The van der Waals surface area contributed by atoms with Gasteiger partial charge in [-0.1, -0.05) is 23.7 Å². The number of carbonyl (C=O) groups is 2. The van der Waals surface area contributed by atoms with Crippen LogP contribution in [0.2, 0.25) is 5.02 Å². The van der Waals surface area contributed by atoms with Gasteiger partial charge < -0.3 is 9.64 Å². The van der Waals surface area contributed by atoms with E-state index in [-0.39, 0.29) is 5.91 Å². The zero-order valence-electron chi connectivity index (χ0n) is 16.1. The zero-order valence-corrected chi connectivity index (χ0v) is 16.9. The van der Waals surface area contributed by atoms with Crippen molar-refractivity contribution in [3.63, 3.8) is 0 Å². The summed E-state index contributed by atoms with van der Waals surface area (Å²) in [4.78, 5) is 29.1. The maximum Gasteiger partial charge on any atom is 0.410 e. The number of amides is 2. The van der Waals surface area contributed by atoms with E-state index in [1.54, 1.807) is 9.80 Å². The van der Waals surface area contributed by atoms with Gasteiger partial charge in [0.25, 0.3) is 0 Å². The van der Waals surface area contributed by atoms with Crippen molar-refractivity contribution < 1.29 is 14.3 Å². The van der Waals surface area contributed by atoms with Gasteiger partial charge in [-0.05, 0) is 64.7 Å². The van der Waals surface area contributed by atoms with Crippen molar-refractivity contribution in [3.8, 4) is 0 Å². The highest BCUT2D eigenvalue weighted by Gasteiger charge is 2.36. The van der Waals surface area contributed by atoms with Gasteiger partial charge in [0.15, 0.2) is 0 Å². The minimum absolute atomic E-state index is 0.0296. The minimum Gasteiger partial charge on any atom is -0.444 e. The Labute approximate surface area is 161 Å². The molecule has 0 N–H and O–H groups in total. The van der Waals surface area contributed by atoms with E-state index < -0.39 is 17.7 Å². The third kappa shape index (κ3) is 5.63. The van der Waals surface area contributed by atoms with Crippen LogP contribution in [0.5, 0.6) is 0 Å². The van der Waals surface area contributed by atoms with Crippen LogP contribution in [0.3, 0.4) is 0 Å². The van der Waals surface area contributed by atoms with Crippen LogP contribution in [0, 0.1) is 0 Å². The second-order valence-corrected chi connectivity index (χ2v) is 8.10. The molecule has 1 atom stereocenters. The van der Waals surface area contributed by atoms with E-state index in [4.69, 9.17) is 16.3 Å². The molecule has 26 heavy (non-hydrogen) atoms. The van der Waals surface area contributed by atoms with E-state index in [9.17, 15) is 9.59 Å². The van der Waals surface area contributed by atoms with Gasteiger partial charge in [0.1, 0.15) is 11.6 Å². The molecule has 1 heterocycles. The third-order valence-corrected chi connectivity index (χ3v) is 4.61. The zero-order chi connectivity index (χ0) is 19.3. The van der Waals surface area contributed by atoms with E-state index in [1.807, 2.05) is 52.0 Å². The Morgan fingerprint density at radius 2 is 2.04 bits per heavy atom. The van der Waals surface area contributed by atoms with E-state index in [0.29, 0.717) is 31.1 Å². The van der Waals surface area contributed by atoms with Gasteiger partial charge in [-0.3, -0.25) is 9.69 Å². The average Bonchev–Trinajstić information content (AvgIpc) is 2.57. The summed E-state index contributed by atoms with van der Waals surface area (Å²) in [6.45, 7) is 9.07. The van der Waals surface area contributed by atoms with Gasteiger partial charge in [0.05, 0.1) is 0 Å². The summed E-state index contributed by atoms with van der Waals surface area (Å²) in [7, 11) is 0. The van der Waals surface area contributed by atoms with Gasteiger partial charge in [-0.2, -0.15) is 0 Å². The van der Waals surface area contributed by atoms with E-state index in [0.717, 1.165) is 18.4 Å². The maximum atomic E-state index is 13.1. The summed E-state index contributed by atoms with van der Waals surface area (Å²) in [5, 5.41) is 0.652. The van der Waals surface area contributed by atoms with Crippen LogP contribution in [-0.4, -0.2) is 46.5 Å². The number of nitrogens with zero attached hydrogens (tertiary/aromatic N) is 2. The standard InChI is InChI=1S/C20H29ClN2O3/c1-5-22(14-15-9-8-10-16(21)13-15)18(24)17-11-6-7-12-23(17)19(25)26-20(2,3)4/h8-10,13,17H,5-7,11-12,14H2,1-4H3/t17-/m0/s1. The van der Waals surface area contributed by atoms with Gasteiger partial charge >= 0.3 is 6.09 Å². The van der Waals surface area contributed by atoms with Crippen molar-refractivity contribution in [2.75, 3.05) is 13.1 Å². The molecule has 0 radical (unpaired) electrons. The number of benzene rings is 1. The fourth-order valence-corrected chi connectivity index (χ4v) is 3.35. The Morgan fingerprint density at radius 3 is 2.65 bits per heavy atom. The number of hydrogen-bond acceptors (Lipinski definition) is 3. The molecule has 0 unspecified atom stereocenters. The summed E-state index contributed by atoms with van der Waals surface area (Å²) in [5.74, 6) is -0.0296. The summed E-state index contributed by atoms with van der Waals surface area (Å²) >= 11 is 6.05. The minimum atomic E-state index is -0.576. The van der Waals surface area contributed by atoms with Crippen LogP contribution in [0.15, 0.2) is 24.3 Å². The highest BCUT2D eigenvalue weighted by molar-refractivity contribution is 6.30. The van der Waals surface area contributed by atoms with Crippen LogP contribution < -0.4 is 0 Å². The molecule has 1 fully saturated rings. The molecular weight excluding hydrogens is 352 g/mol. The highest BCUT2D eigenvalue weighted by Crippen LogP contribution is 2.23. The molecule has 1 aromatic carbocycles. The van der Waals surface area contributed by atoms with Crippen molar-refractivity contribution in [2.45, 2.75) is 65.1 Å². The molecule has 0 spiro atoms. The molecule has 2 amide bonds. The molecule has 0 bridgehead atoms. The third-order valence-electron chi connectivity index (χ3n) is 4.37. The smallest absolute Gasteiger partial charge is 0.410 e. The molecule has 0 saturated carbocycles. The first-order valence-corrected chi connectivity index (χ1v) is 9.62. The SMILES string of the molecule is CCN(Cc1cccc(Cl)c1)C(=O)[C@@H]1CCCCN1C(=O)OC(C)(C)C. The topological polar surface area (TPSA) is 49.9 Å². The Bertz CT molecular complexity index is 642. The molecule has 0 aliphatic carbocycles. The number of piperidine rings is 1. The molecule has 1 saturated heterocycles. The first kappa shape index (κ1) is 20.6. The molecule has 6 heteroatoms. The molecule has 2 rings (SSSR count). The normalized spacial score (nSPS) is 17.7. The Morgan fingerprint density at radius 1 is 1.31 bits per heavy atom. The number of likely N-dealkylation sites (tertiary alicyclic amines) is 1. The Kier molecular flexibility index (Phi) is 6.93. The number of halogens is 1. The summed E-state index contributed by atoms with van der Waals surface area (Å²) < 4.78 is 5.50. The van der Waals surface area contributed by atoms with Gasteiger partial charge in [0.2, 0.25) is 5.91 Å². The largest absolute Gasteiger partial charge is 0.444 e. The molecule has 1 aromatic rings. The fraction of sp³-hybridized carbons (Fsp3) is 0.600. The second kappa shape index (κ2) is 8.76. The predicted octanol–water partition coefficient (Wildman–Crippen LogP) is 4.48. The van der Waals surface area contributed by atoms with Crippen molar-refractivity contribution in [3.05, 3.63) is 34.9 Å². The van der Waals surface area contributed by atoms with E-state index in [2.05, 4.69) is 0 Å². The van der Waals surface area contributed by atoms with Crippen molar-refractivity contribution in [2.24, 2.45) is 0 Å². The lowest BCUT2D eigenvalue weighted by Crippen LogP contribution is -2.53. The maximum absolute atomic E-state index is 13.1. The molecule has 5 nitrogen and oxygen atoms in total. The van der Waals surface area contributed by atoms with Gasteiger partial charge in [0, 0.05) is 24.7 Å². The molecule has 1 aliphatic rings. The fourth-order valence-electron chi connectivity index (χ4n) is 3.14. The van der Waals surface area contributed by atoms with Gasteiger partial charge in [-0.15, -0.1) is 0 Å². The number of ether oxygens (including phenoxy) is 1. The highest BCUT2D eigenvalue weighted by atomic mass is 35.5. The number of hydrogen-bond donors (Lipinski definition) is 0. The van der Waals surface area contributed by atoms with E-state index >= 15 is 0 Å². The summed E-state index contributed by atoms with van der Waals surface area (Å²) in [5.41, 5.74) is 0.403. The van der Waals surface area contributed by atoms with Crippen LogP contribution in [0.1, 0.15) is 52.5 Å². The van der Waals surface area contributed by atoms with Gasteiger partial charge in [-0.25, -0.2) is 4.79 Å². The van der Waals surface area contributed by atoms with Crippen LogP contribution in [0.4, 0.5) is 4.79 Å². The van der Waals surface area contributed by atoms with Crippen molar-refractivity contribution in [1.29, 1.82) is 0 Å². The number of likely N-dealkylation sites (N-methyl/N-ethyl adjacent to an activating group) is 1. The lowest BCUT2D eigenvalue weighted by atomic mass is 10.0. The van der Waals surface area contributed by atoms with Crippen LogP contribution >= 0.6 is 11.6 Å². The quantitative estimate of drug-likeness (QED) is 0.773. The summed E-state index contributed by atoms with van der Waals surface area (Å²) in [6.07, 6.45) is 2.09. The second-order valence-electron chi connectivity index (χ2n) is 7.67. The van der Waals surface area contributed by atoms with Crippen LogP contribution in [-0.2, 0) is 16.1 Å². The predicted molar refractivity (Wildman–Crippen MR) is 103 cm³/mol. The number of carbonyl (C=O) groups excluding carboxylic acids is 2. The van der Waals surface area contributed by atoms with Crippen molar-refractivity contribution in [1.82, 2.24) is 9.80 Å². The molecule has 0 aromatic heterocycles. The lowest BCUT2D eigenvalue weighted by molar-refractivity contribution is -0.138. The Balaban J connectivity index is 2.13. The molecule has 144 valence electrons. The van der Waals surface area contributed by atoms with E-state index in [1.165, 1.54) is 0 Å². The first-order valence-electron chi connectivity index (χ1n) is 9.24. The lowest BCUT2D eigenvalue weighted by Gasteiger charge is -2.38.